The number of thioether (sulfide) groups is 1. The number of carbonyl (C=O) groups excluding carboxylic acids is 2. The third kappa shape index (κ3) is 3.83. The Hall–Kier alpha value is -2.91. The van der Waals surface area contributed by atoms with Crippen LogP contribution < -0.4 is 14.4 Å². The van der Waals surface area contributed by atoms with Crippen molar-refractivity contribution < 1.29 is 33.0 Å². The molecule has 1 aliphatic rings. The van der Waals surface area contributed by atoms with Gasteiger partial charge in [0.1, 0.15) is 11.6 Å². The van der Waals surface area contributed by atoms with Crippen molar-refractivity contribution in [2.45, 2.75) is 0 Å². The minimum absolute atomic E-state index is 0.0399. The number of rotatable bonds is 7. The van der Waals surface area contributed by atoms with Crippen molar-refractivity contribution in [3.05, 3.63) is 58.5 Å². The van der Waals surface area contributed by atoms with Gasteiger partial charge in [-0.15, -0.1) is 11.8 Å². The fourth-order valence-corrected chi connectivity index (χ4v) is 3.78. The third-order valence-electron chi connectivity index (χ3n) is 4.20. The van der Waals surface area contributed by atoms with E-state index in [1.54, 1.807) is 12.1 Å². The van der Waals surface area contributed by atoms with Gasteiger partial charge in [0.25, 0.3) is 11.8 Å². The lowest BCUT2D eigenvalue weighted by atomic mass is 10.1. The van der Waals surface area contributed by atoms with E-state index in [0.29, 0.717) is 28.0 Å². The smallest absolute Gasteiger partial charge is 0.272 e. The number of aliphatic hydroxyl groups is 1. The summed E-state index contributed by atoms with van der Waals surface area (Å²) in [7, 11) is 2.89. The maximum atomic E-state index is 14.3. The van der Waals surface area contributed by atoms with Crippen LogP contribution in [0.1, 0.15) is 5.56 Å². The second-order valence-corrected chi connectivity index (χ2v) is 6.99. The normalized spacial score (nSPS) is 14.0. The van der Waals surface area contributed by atoms with Gasteiger partial charge in [-0.2, -0.15) is 0 Å². The first-order chi connectivity index (χ1) is 13.9. The zero-order valence-electron chi connectivity index (χ0n) is 15.6. The van der Waals surface area contributed by atoms with E-state index in [-0.39, 0.29) is 28.5 Å². The number of ether oxygens (including phenoxy) is 2. The summed E-state index contributed by atoms with van der Waals surface area (Å²) in [6, 6.07) is 7.29. The number of anilines is 1. The predicted octanol–water partition coefficient (Wildman–Crippen LogP) is 2.99. The Balaban J connectivity index is 2.12. The average Bonchev–Trinajstić information content (AvgIpc) is 2.95. The van der Waals surface area contributed by atoms with Gasteiger partial charge in [-0.1, -0.05) is 6.07 Å². The molecule has 0 aliphatic carbocycles. The van der Waals surface area contributed by atoms with Crippen LogP contribution in [0.15, 0.2) is 41.3 Å². The van der Waals surface area contributed by atoms with E-state index in [4.69, 9.17) is 14.6 Å². The summed E-state index contributed by atoms with van der Waals surface area (Å²) in [5, 5.41) is 9.15. The van der Waals surface area contributed by atoms with Crippen LogP contribution >= 0.6 is 11.8 Å². The van der Waals surface area contributed by atoms with Crippen molar-refractivity contribution >= 4 is 34.8 Å². The first-order valence-corrected chi connectivity index (χ1v) is 9.45. The number of benzene rings is 2. The molecule has 0 radical (unpaired) electrons. The number of amides is 2. The molecule has 2 amide bonds. The molecule has 0 fully saturated rings. The minimum Gasteiger partial charge on any atom is -0.493 e. The Morgan fingerprint density at radius 2 is 1.72 bits per heavy atom. The van der Waals surface area contributed by atoms with E-state index in [2.05, 4.69) is 0 Å². The molecular formula is C20H17F2NO5S. The standard InChI is InChI=1S/C20H17F2NO5S/c1-27-15-6-3-11(9-16(15)28-2)17-18(29-8-7-24)20(26)23(19(17)25)14-5-4-12(21)10-13(14)22/h3-6,9-10,24H,7-8H2,1-2H3. The first-order valence-electron chi connectivity index (χ1n) is 8.47. The van der Waals surface area contributed by atoms with Crippen LogP contribution in [0.3, 0.4) is 0 Å². The van der Waals surface area contributed by atoms with Gasteiger partial charge in [-0.25, -0.2) is 13.7 Å². The van der Waals surface area contributed by atoms with Crippen molar-refractivity contribution in [2.75, 3.05) is 31.5 Å². The summed E-state index contributed by atoms with van der Waals surface area (Å²) in [5.41, 5.74) is 0.0589. The highest BCUT2D eigenvalue weighted by molar-refractivity contribution is 8.04. The summed E-state index contributed by atoms with van der Waals surface area (Å²) in [6.45, 7) is -0.222. The number of methoxy groups -OCH3 is 2. The quantitative estimate of drug-likeness (QED) is 0.693. The van der Waals surface area contributed by atoms with Crippen LogP contribution in [0.5, 0.6) is 11.5 Å². The van der Waals surface area contributed by atoms with E-state index in [0.717, 1.165) is 23.9 Å². The molecule has 2 aromatic rings. The van der Waals surface area contributed by atoms with Gasteiger partial charge in [-0.3, -0.25) is 9.59 Å². The molecule has 0 bridgehead atoms. The molecule has 0 spiro atoms. The fourth-order valence-electron chi connectivity index (χ4n) is 2.92. The molecule has 0 saturated heterocycles. The lowest BCUT2D eigenvalue weighted by Crippen LogP contribution is -2.32. The van der Waals surface area contributed by atoms with Crippen molar-refractivity contribution in [1.82, 2.24) is 0 Å². The number of nitrogens with zero attached hydrogens (tertiary/aromatic N) is 1. The van der Waals surface area contributed by atoms with Gasteiger partial charge in [0, 0.05) is 11.8 Å². The lowest BCUT2D eigenvalue weighted by molar-refractivity contribution is -0.119. The van der Waals surface area contributed by atoms with E-state index in [9.17, 15) is 18.4 Å². The molecule has 3 rings (SSSR count). The molecule has 29 heavy (non-hydrogen) atoms. The van der Waals surface area contributed by atoms with Gasteiger partial charge in [-0.05, 0) is 29.8 Å². The molecule has 1 aliphatic heterocycles. The molecule has 6 nitrogen and oxygen atoms in total. The average molecular weight is 421 g/mol. The maximum absolute atomic E-state index is 14.3. The Kier molecular flexibility index (Phi) is 6.19. The highest BCUT2D eigenvalue weighted by Crippen LogP contribution is 2.41. The van der Waals surface area contributed by atoms with Crippen LogP contribution in [0, 0.1) is 11.6 Å². The number of hydrogen-bond acceptors (Lipinski definition) is 6. The molecule has 1 heterocycles. The number of aliphatic hydroxyl groups excluding tert-OH is 1. The summed E-state index contributed by atoms with van der Waals surface area (Å²) in [6.07, 6.45) is 0. The van der Waals surface area contributed by atoms with Crippen LogP contribution in [0.2, 0.25) is 0 Å². The maximum Gasteiger partial charge on any atom is 0.272 e. The highest BCUT2D eigenvalue weighted by Gasteiger charge is 2.41. The summed E-state index contributed by atoms with van der Waals surface area (Å²) in [5.74, 6) is -2.43. The van der Waals surface area contributed by atoms with Gasteiger partial charge >= 0.3 is 0 Å². The first kappa shape index (κ1) is 20.8. The molecule has 152 valence electrons. The van der Waals surface area contributed by atoms with E-state index < -0.39 is 23.4 Å². The van der Waals surface area contributed by atoms with Gasteiger partial charge in [0.15, 0.2) is 11.5 Å². The summed E-state index contributed by atoms with van der Waals surface area (Å²) >= 11 is 0.979. The fraction of sp³-hybridized carbons (Fsp3) is 0.200. The Morgan fingerprint density at radius 3 is 2.34 bits per heavy atom. The zero-order chi connectivity index (χ0) is 21.1. The molecule has 0 atom stereocenters. The Morgan fingerprint density at radius 1 is 1.00 bits per heavy atom. The number of halogens is 2. The van der Waals surface area contributed by atoms with E-state index in [1.807, 2.05) is 0 Å². The van der Waals surface area contributed by atoms with Gasteiger partial charge < -0.3 is 14.6 Å². The number of imide groups is 1. The van der Waals surface area contributed by atoms with Crippen molar-refractivity contribution in [3.63, 3.8) is 0 Å². The second kappa shape index (κ2) is 8.62. The topological polar surface area (TPSA) is 76.1 Å². The van der Waals surface area contributed by atoms with Crippen LogP contribution in [-0.2, 0) is 9.59 Å². The van der Waals surface area contributed by atoms with Crippen molar-refractivity contribution in [3.8, 4) is 11.5 Å². The van der Waals surface area contributed by atoms with Crippen LogP contribution in [0.4, 0.5) is 14.5 Å². The van der Waals surface area contributed by atoms with Crippen LogP contribution in [0.25, 0.3) is 5.57 Å². The molecule has 9 heteroatoms. The Labute approximate surface area is 169 Å². The third-order valence-corrected chi connectivity index (χ3v) is 5.26. The number of hydrogen-bond donors (Lipinski definition) is 1. The molecule has 2 aromatic carbocycles. The minimum atomic E-state index is -1.04. The summed E-state index contributed by atoms with van der Waals surface area (Å²) < 4.78 is 38.0. The number of carbonyl (C=O) groups is 2. The van der Waals surface area contributed by atoms with Crippen LogP contribution in [-0.4, -0.2) is 43.5 Å². The molecule has 0 saturated carbocycles. The monoisotopic (exact) mass is 421 g/mol. The van der Waals surface area contributed by atoms with E-state index >= 15 is 0 Å². The van der Waals surface area contributed by atoms with E-state index in [1.165, 1.54) is 20.3 Å². The molecule has 0 unspecified atom stereocenters. The molecule has 0 aromatic heterocycles. The molecular weight excluding hydrogens is 404 g/mol. The second-order valence-electron chi connectivity index (χ2n) is 5.89. The van der Waals surface area contributed by atoms with Crippen molar-refractivity contribution in [1.29, 1.82) is 0 Å². The van der Waals surface area contributed by atoms with Crippen molar-refractivity contribution in [2.24, 2.45) is 0 Å². The largest absolute Gasteiger partial charge is 0.493 e. The van der Waals surface area contributed by atoms with Gasteiger partial charge in [0.2, 0.25) is 0 Å². The van der Waals surface area contributed by atoms with Gasteiger partial charge in [0.05, 0.1) is 37.0 Å². The predicted molar refractivity (Wildman–Crippen MR) is 105 cm³/mol. The highest BCUT2D eigenvalue weighted by atomic mass is 32.2. The lowest BCUT2D eigenvalue weighted by Gasteiger charge is -2.16. The zero-order valence-corrected chi connectivity index (χ0v) is 16.4. The Bertz CT molecular complexity index is 1010. The summed E-state index contributed by atoms with van der Waals surface area (Å²) in [4.78, 5) is 26.8. The molecule has 1 N–H and O–H groups in total. The SMILES string of the molecule is COc1ccc(C2=C(SCCO)C(=O)N(c3ccc(F)cc3F)C2=O)cc1OC.